The van der Waals surface area contributed by atoms with E-state index < -0.39 is 0 Å². The third kappa shape index (κ3) is 4.57. The number of anilines is 1. The number of aromatic nitrogens is 3. The van der Waals surface area contributed by atoms with Crippen molar-refractivity contribution in [3.63, 3.8) is 0 Å². The topological polar surface area (TPSA) is 91.6 Å². The van der Waals surface area contributed by atoms with Gasteiger partial charge in [0, 0.05) is 29.6 Å². The summed E-state index contributed by atoms with van der Waals surface area (Å²) in [6.45, 7) is 5.91. The zero-order valence-electron chi connectivity index (χ0n) is 16.2. The Bertz CT molecular complexity index is 1070. The lowest BCUT2D eigenvalue weighted by Crippen LogP contribution is -2.15. The van der Waals surface area contributed by atoms with E-state index in [0.29, 0.717) is 23.4 Å². The van der Waals surface area contributed by atoms with Crippen molar-refractivity contribution in [1.29, 1.82) is 5.26 Å². The maximum absolute atomic E-state index is 12.7. The highest BCUT2D eigenvalue weighted by atomic mass is 16.1. The van der Waals surface area contributed by atoms with Gasteiger partial charge in [-0.2, -0.15) is 5.26 Å². The predicted molar refractivity (Wildman–Crippen MR) is 107 cm³/mol. The second-order valence-electron chi connectivity index (χ2n) is 6.59. The molecular weight excluding hydrogens is 350 g/mol. The van der Waals surface area contributed by atoms with Gasteiger partial charge >= 0.3 is 0 Å². The van der Waals surface area contributed by atoms with E-state index in [1.54, 1.807) is 12.1 Å². The lowest BCUT2D eigenvalue weighted by atomic mass is 10.0. The van der Waals surface area contributed by atoms with E-state index in [-0.39, 0.29) is 5.91 Å². The number of hydrogen-bond acceptors (Lipinski definition) is 5. The number of nitrogens with one attached hydrogen (secondary N) is 1. The number of rotatable bonds is 5. The summed E-state index contributed by atoms with van der Waals surface area (Å²) in [4.78, 5) is 25.9. The maximum Gasteiger partial charge on any atom is 0.257 e. The molecule has 1 amide bonds. The Morgan fingerprint density at radius 3 is 2.71 bits per heavy atom. The summed E-state index contributed by atoms with van der Waals surface area (Å²) >= 11 is 0. The molecule has 0 spiro atoms. The van der Waals surface area contributed by atoms with Crippen molar-refractivity contribution in [2.24, 2.45) is 0 Å². The normalized spacial score (nSPS) is 10.4. The highest BCUT2D eigenvalue weighted by molar-refractivity contribution is 6.05. The molecule has 0 aliphatic heterocycles. The lowest BCUT2D eigenvalue weighted by Gasteiger charge is -2.10. The number of amides is 1. The van der Waals surface area contributed by atoms with E-state index in [2.05, 4.69) is 27.2 Å². The largest absolute Gasteiger partial charge is 0.307 e. The fourth-order valence-corrected chi connectivity index (χ4v) is 2.92. The van der Waals surface area contributed by atoms with Crippen LogP contribution in [0.3, 0.4) is 0 Å². The molecule has 2 heterocycles. The molecule has 1 N–H and O–H groups in total. The van der Waals surface area contributed by atoms with Gasteiger partial charge in [-0.1, -0.05) is 19.1 Å². The van der Waals surface area contributed by atoms with Gasteiger partial charge in [0.25, 0.3) is 5.91 Å². The van der Waals surface area contributed by atoms with Gasteiger partial charge < -0.3 is 5.32 Å². The molecule has 6 heteroatoms. The first-order valence-electron chi connectivity index (χ1n) is 9.09. The van der Waals surface area contributed by atoms with Gasteiger partial charge in [0.15, 0.2) is 0 Å². The zero-order valence-corrected chi connectivity index (χ0v) is 16.2. The third-order valence-corrected chi connectivity index (χ3v) is 4.36. The molecule has 0 atom stereocenters. The molecule has 0 unspecified atom stereocenters. The highest BCUT2D eigenvalue weighted by Crippen LogP contribution is 2.16. The molecule has 6 nitrogen and oxygen atoms in total. The summed E-state index contributed by atoms with van der Waals surface area (Å²) in [6.07, 6.45) is 2.90. The average Bonchev–Trinajstić information content (AvgIpc) is 2.69. The van der Waals surface area contributed by atoms with E-state index in [0.717, 1.165) is 34.8 Å². The van der Waals surface area contributed by atoms with Crippen molar-refractivity contribution in [2.45, 2.75) is 33.6 Å². The Morgan fingerprint density at radius 2 is 1.96 bits per heavy atom. The molecule has 0 bridgehead atoms. The van der Waals surface area contributed by atoms with Crippen LogP contribution in [0.4, 0.5) is 5.82 Å². The van der Waals surface area contributed by atoms with Gasteiger partial charge in [0.2, 0.25) is 0 Å². The average molecular weight is 371 g/mol. The van der Waals surface area contributed by atoms with Crippen LogP contribution in [0.25, 0.3) is 0 Å². The van der Waals surface area contributed by atoms with Crippen LogP contribution >= 0.6 is 0 Å². The second-order valence-corrected chi connectivity index (χ2v) is 6.59. The SMILES string of the molecule is CCc1cc(C)nc(Cc2ccc(C)c(C(=O)Nc3cc(C#N)ccn3)c2)n1. The Kier molecular flexibility index (Phi) is 5.75. The summed E-state index contributed by atoms with van der Waals surface area (Å²) in [5, 5.41) is 11.7. The van der Waals surface area contributed by atoms with Crippen LogP contribution in [0.2, 0.25) is 0 Å². The molecule has 0 saturated heterocycles. The molecular formula is C22H21N5O. The smallest absolute Gasteiger partial charge is 0.257 e. The van der Waals surface area contributed by atoms with Crippen LogP contribution in [0, 0.1) is 25.2 Å². The third-order valence-electron chi connectivity index (χ3n) is 4.36. The van der Waals surface area contributed by atoms with Crippen LogP contribution in [-0.4, -0.2) is 20.9 Å². The van der Waals surface area contributed by atoms with E-state index in [9.17, 15) is 4.79 Å². The van der Waals surface area contributed by atoms with Gasteiger partial charge in [0.05, 0.1) is 11.6 Å². The minimum absolute atomic E-state index is 0.263. The van der Waals surface area contributed by atoms with E-state index in [1.807, 2.05) is 44.2 Å². The number of carbonyl (C=O) groups excluding carboxylic acids is 1. The molecule has 140 valence electrons. The second kappa shape index (κ2) is 8.40. The van der Waals surface area contributed by atoms with E-state index in [4.69, 9.17) is 5.26 Å². The molecule has 0 saturated carbocycles. The molecule has 28 heavy (non-hydrogen) atoms. The zero-order chi connectivity index (χ0) is 20.1. The fourth-order valence-electron chi connectivity index (χ4n) is 2.92. The first-order valence-corrected chi connectivity index (χ1v) is 9.09. The summed E-state index contributed by atoms with van der Waals surface area (Å²) in [5.74, 6) is 0.834. The van der Waals surface area contributed by atoms with Gasteiger partial charge in [-0.15, -0.1) is 0 Å². The molecule has 0 aliphatic carbocycles. The summed E-state index contributed by atoms with van der Waals surface area (Å²) in [6, 6.07) is 12.9. The fraction of sp³-hybridized carbons (Fsp3) is 0.227. The van der Waals surface area contributed by atoms with Crippen LogP contribution < -0.4 is 5.32 Å². The highest BCUT2D eigenvalue weighted by Gasteiger charge is 2.12. The minimum Gasteiger partial charge on any atom is -0.307 e. The van der Waals surface area contributed by atoms with E-state index >= 15 is 0 Å². The van der Waals surface area contributed by atoms with Crippen LogP contribution in [0.5, 0.6) is 0 Å². The van der Waals surface area contributed by atoms with Gasteiger partial charge in [-0.3, -0.25) is 4.79 Å². The monoisotopic (exact) mass is 371 g/mol. The first-order chi connectivity index (χ1) is 13.5. The lowest BCUT2D eigenvalue weighted by molar-refractivity contribution is 0.102. The van der Waals surface area contributed by atoms with Gasteiger partial charge in [0.1, 0.15) is 11.6 Å². The Balaban J connectivity index is 1.84. The number of nitriles is 1. The summed E-state index contributed by atoms with van der Waals surface area (Å²) < 4.78 is 0. The molecule has 0 aliphatic rings. The van der Waals surface area contributed by atoms with Crippen molar-refractivity contribution in [3.05, 3.63) is 82.1 Å². The predicted octanol–water partition coefficient (Wildman–Crippen LogP) is 3.77. The van der Waals surface area contributed by atoms with Crippen molar-refractivity contribution < 1.29 is 4.79 Å². The standard InChI is InChI=1S/C22H21N5O/c1-4-18-9-15(3)25-21(26-18)11-16-6-5-14(2)19(10-16)22(28)27-20-12-17(13-23)7-8-24-20/h5-10,12H,4,11H2,1-3H3,(H,24,27,28). The van der Waals surface area contributed by atoms with Gasteiger partial charge in [-0.05, 0) is 55.7 Å². The van der Waals surface area contributed by atoms with E-state index in [1.165, 1.54) is 6.20 Å². The van der Waals surface area contributed by atoms with Crippen molar-refractivity contribution in [2.75, 3.05) is 5.32 Å². The molecule has 3 rings (SSSR count). The number of nitrogens with zero attached hydrogens (tertiary/aromatic N) is 4. The number of pyridine rings is 1. The number of aryl methyl sites for hydroxylation is 3. The summed E-state index contributed by atoms with van der Waals surface area (Å²) in [7, 11) is 0. The molecule has 2 aromatic heterocycles. The number of hydrogen-bond donors (Lipinski definition) is 1. The van der Waals surface area contributed by atoms with Crippen LogP contribution in [0.1, 0.15) is 51.2 Å². The van der Waals surface area contributed by atoms with Crippen LogP contribution in [-0.2, 0) is 12.8 Å². The first kappa shape index (κ1) is 19.2. The van der Waals surface area contributed by atoms with Crippen molar-refractivity contribution in [1.82, 2.24) is 15.0 Å². The Morgan fingerprint density at radius 1 is 1.14 bits per heavy atom. The quantitative estimate of drug-likeness (QED) is 0.737. The minimum atomic E-state index is -0.263. The maximum atomic E-state index is 12.7. The molecule has 3 aromatic rings. The molecule has 0 fully saturated rings. The van der Waals surface area contributed by atoms with Crippen molar-refractivity contribution in [3.8, 4) is 6.07 Å². The molecule has 0 radical (unpaired) electrons. The number of carbonyl (C=O) groups is 1. The van der Waals surface area contributed by atoms with Crippen LogP contribution in [0.15, 0.2) is 42.6 Å². The number of benzene rings is 1. The Hall–Kier alpha value is -3.59. The summed E-state index contributed by atoms with van der Waals surface area (Å²) in [5.41, 5.74) is 4.77. The van der Waals surface area contributed by atoms with Crippen molar-refractivity contribution >= 4 is 11.7 Å². The Labute approximate surface area is 164 Å². The molecule has 1 aromatic carbocycles. The van der Waals surface area contributed by atoms with Gasteiger partial charge in [-0.25, -0.2) is 15.0 Å².